The molecule has 0 bridgehead atoms. The topological polar surface area (TPSA) is 122 Å². The Balaban J connectivity index is 2.01. The van der Waals surface area contributed by atoms with E-state index in [1.165, 1.54) is 0 Å². The smallest absolute Gasteiger partial charge is 0.233 e. The first kappa shape index (κ1) is 17.2. The summed E-state index contributed by atoms with van der Waals surface area (Å²) in [6, 6.07) is 16.2. The highest BCUT2D eigenvalue weighted by Gasteiger charge is 2.24. The quantitative estimate of drug-likeness (QED) is 0.344. The highest BCUT2D eigenvalue weighted by molar-refractivity contribution is 6.00. The molecule has 0 saturated carbocycles. The Bertz CT molecular complexity index is 726. The molecule has 6 heteroatoms. The minimum Gasteiger partial charge on any atom is -0.384 e. The summed E-state index contributed by atoms with van der Waals surface area (Å²) in [4.78, 5) is 23.9. The predicted octanol–water partition coefficient (Wildman–Crippen LogP) is 0.931. The van der Waals surface area contributed by atoms with Gasteiger partial charge in [-0.15, -0.1) is 0 Å². The third-order valence-corrected chi connectivity index (χ3v) is 3.67. The fourth-order valence-electron chi connectivity index (χ4n) is 2.29. The minimum atomic E-state index is -0.947. The molecule has 0 aromatic heterocycles. The lowest BCUT2D eigenvalue weighted by atomic mass is 9.97. The highest BCUT2D eigenvalue weighted by Crippen LogP contribution is 2.11. The predicted molar refractivity (Wildman–Crippen MR) is 92.1 cm³/mol. The van der Waals surface area contributed by atoms with E-state index in [2.05, 4.69) is 5.32 Å². The number of hydrogen-bond acceptors (Lipinski definition) is 3. The van der Waals surface area contributed by atoms with Gasteiger partial charge in [0, 0.05) is 12.1 Å². The zero-order chi connectivity index (χ0) is 17.5. The molecule has 0 fully saturated rings. The van der Waals surface area contributed by atoms with E-state index in [9.17, 15) is 9.59 Å². The molecule has 124 valence electrons. The van der Waals surface area contributed by atoms with Crippen molar-refractivity contribution in [2.24, 2.45) is 17.4 Å². The normalized spacial score (nSPS) is 11.5. The van der Waals surface area contributed by atoms with E-state index in [-0.39, 0.29) is 12.3 Å². The van der Waals surface area contributed by atoms with Crippen LogP contribution >= 0.6 is 0 Å². The second-order valence-corrected chi connectivity index (χ2v) is 5.47. The molecule has 2 aromatic rings. The molecule has 0 aliphatic carbocycles. The first-order valence-electron chi connectivity index (χ1n) is 7.51. The van der Waals surface area contributed by atoms with Gasteiger partial charge in [-0.2, -0.15) is 0 Å². The number of amidine groups is 1. The van der Waals surface area contributed by atoms with Gasteiger partial charge >= 0.3 is 0 Å². The van der Waals surface area contributed by atoms with Crippen molar-refractivity contribution in [2.75, 3.05) is 0 Å². The van der Waals surface area contributed by atoms with Crippen LogP contribution in [0.2, 0.25) is 0 Å². The molecule has 0 heterocycles. The molecular formula is C18H20N4O2. The summed E-state index contributed by atoms with van der Waals surface area (Å²) >= 11 is 0. The number of nitrogen functional groups attached to an aromatic ring is 1. The van der Waals surface area contributed by atoms with Gasteiger partial charge in [-0.1, -0.05) is 54.6 Å². The number of nitrogens with one attached hydrogen (secondary N) is 2. The van der Waals surface area contributed by atoms with Crippen LogP contribution in [0.25, 0.3) is 0 Å². The maximum Gasteiger partial charge on any atom is 0.233 e. The average Bonchev–Trinajstić information content (AvgIpc) is 2.58. The molecule has 0 radical (unpaired) electrons. The molecule has 1 atom stereocenters. The van der Waals surface area contributed by atoms with Crippen LogP contribution in [0.1, 0.15) is 16.7 Å². The van der Waals surface area contributed by atoms with Gasteiger partial charge in [0.05, 0.1) is 0 Å². The summed E-state index contributed by atoms with van der Waals surface area (Å²) in [7, 11) is 0. The second-order valence-electron chi connectivity index (χ2n) is 5.47. The van der Waals surface area contributed by atoms with E-state index in [0.29, 0.717) is 12.1 Å². The van der Waals surface area contributed by atoms with Crippen LogP contribution < -0.4 is 16.8 Å². The number of amides is 2. The molecule has 6 nitrogen and oxygen atoms in total. The van der Waals surface area contributed by atoms with Gasteiger partial charge in [-0.3, -0.25) is 15.0 Å². The molecular weight excluding hydrogens is 304 g/mol. The van der Waals surface area contributed by atoms with E-state index in [4.69, 9.17) is 16.9 Å². The van der Waals surface area contributed by atoms with E-state index in [1.807, 2.05) is 30.3 Å². The number of nitrogens with two attached hydrogens (primary N) is 2. The van der Waals surface area contributed by atoms with E-state index in [0.717, 1.165) is 11.1 Å². The summed E-state index contributed by atoms with van der Waals surface area (Å²) in [6.07, 6.45) is 0.203. The summed E-state index contributed by atoms with van der Waals surface area (Å²) in [5, 5.41) is 10.1. The lowest BCUT2D eigenvalue weighted by Gasteiger charge is -2.14. The molecule has 2 aromatic carbocycles. The first-order chi connectivity index (χ1) is 11.5. The average molecular weight is 324 g/mol. The maximum absolute atomic E-state index is 12.3. The molecule has 24 heavy (non-hydrogen) atoms. The number of benzene rings is 2. The number of hydrogen-bond donors (Lipinski definition) is 4. The van der Waals surface area contributed by atoms with Crippen molar-refractivity contribution < 1.29 is 9.59 Å². The Labute approximate surface area is 140 Å². The van der Waals surface area contributed by atoms with Crippen LogP contribution in [0.5, 0.6) is 0 Å². The standard InChI is InChI=1S/C18H20N4O2/c19-16(20)14-8-6-12(7-9-14)10-15(17(21)23)18(24)22-11-13-4-2-1-3-5-13/h1-9,15H,10-11H2,(H3,19,20)(H2,21,23)(H,22,24)/t15-/m1/s1. The largest absolute Gasteiger partial charge is 0.384 e. The fraction of sp³-hybridized carbons (Fsp3) is 0.167. The van der Waals surface area contributed by atoms with Gasteiger partial charge in [0.25, 0.3) is 0 Å². The van der Waals surface area contributed by atoms with E-state index < -0.39 is 17.7 Å². The van der Waals surface area contributed by atoms with Gasteiger partial charge in [0.15, 0.2) is 0 Å². The molecule has 0 spiro atoms. The molecule has 2 amide bonds. The van der Waals surface area contributed by atoms with Crippen LogP contribution in [0.4, 0.5) is 0 Å². The molecule has 6 N–H and O–H groups in total. The van der Waals surface area contributed by atoms with Crippen molar-refractivity contribution in [3.63, 3.8) is 0 Å². The zero-order valence-electron chi connectivity index (χ0n) is 13.2. The molecule has 0 aliphatic rings. The van der Waals surface area contributed by atoms with E-state index >= 15 is 0 Å². The van der Waals surface area contributed by atoms with Crippen LogP contribution in [0.15, 0.2) is 54.6 Å². The van der Waals surface area contributed by atoms with Crippen LogP contribution in [-0.2, 0) is 22.6 Å². The third kappa shape index (κ3) is 4.67. The fourth-order valence-corrected chi connectivity index (χ4v) is 2.29. The Kier molecular flexibility index (Phi) is 5.68. The lowest BCUT2D eigenvalue weighted by Crippen LogP contribution is -2.39. The van der Waals surface area contributed by atoms with Gasteiger partial charge in [-0.25, -0.2) is 0 Å². The number of carbonyl (C=O) groups excluding carboxylic acids is 2. The third-order valence-electron chi connectivity index (χ3n) is 3.67. The molecule has 0 aliphatic heterocycles. The second kappa shape index (κ2) is 7.92. The van der Waals surface area contributed by atoms with Crippen LogP contribution in [0, 0.1) is 11.3 Å². The summed E-state index contributed by atoms with van der Waals surface area (Å²) in [6.45, 7) is 0.340. The zero-order valence-corrected chi connectivity index (χ0v) is 13.2. The number of carbonyl (C=O) groups is 2. The van der Waals surface area contributed by atoms with Gasteiger partial charge in [-0.05, 0) is 17.5 Å². The molecule has 0 unspecified atom stereocenters. The van der Waals surface area contributed by atoms with Crippen molar-refractivity contribution in [3.05, 3.63) is 71.3 Å². The Morgan fingerprint density at radius 2 is 1.58 bits per heavy atom. The van der Waals surface area contributed by atoms with Crippen molar-refractivity contribution in [1.82, 2.24) is 5.32 Å². The summed E-state index contributed by atoms with van der Waals surface area (Å²) < 4.78 is 0. The molecule has 2 rings (SSSR count). The van der Waals surface area contributed by atoms with Crippen LogP contribution in [0.3, 0.4) is 0 Å². The van der Waals surface area contributed by atoms with Crippen molar-refractivity contribution >= 4 is 17.6 Å². The molecule has 0 saturated heterocycles. The maximum atomic E-state index is 12.3. The summed E-state index contributed by atoms with van der Waals surface area (Å²) in [5.74, 6) is -2.05. The first-order valence-corrected chi connectivity index (χ1v) is 7.51. The summed E-state index contributed by atoms with van der Waals surface area (Å²) in [5.41, 5.74) is 13.1. The Hall–Kier alpha value is -3.15. The highest BCUT2D eigenvalue weighted by atomic mass is 16.2. The van der Waals surface area contributed by atoms with Gasteiger partial charge < -0.3 is 16.8 Å². The lowest BCUT2D eigenvalue weighted by molar-refractivity contribution is -0.133. The van der Waals surface area contributed by atoms with Crippen molar-refractivity contribution in [2.45, 2.75) is 13.0 Å². The van der Waals surface area contributed by atoms with Gasteiger partial charge in [0.1, 0.15) is 11.8 Å². The Morgan fingerprint density at radius 1 is 0.958 bits per heavy atom. The van der Waals surface area contributed by atoms with E-state index in [1.54, 1.807) is 24.3 Å². The monoisotopic (exact) mass is 324 g/mol. The van der Waals surface area contributed by atoms with Crippen molar-refractivity contribution in [3.8, 4) is 0 Å². The SMILES string of the molecule is N=C(N)c1ccc(C[C@H](C(N)=O)C(=O)NCc2ccccc2)cc1. The Morgan fingerprint density at radius 3 is 2.12 bits per heavy atom. The van der Waals surface area contributed by atoms with Crippen molar-refractivity contribution in [1.29, 1.82) is 5.41 Å². The number of primary amides is 1. The van der Waals surface area contributed by atoms with Gasteiger partial charge in [0.2, 0.25) is 11.8 Å². The van der Waals surface area contributed by atoms with Crippen LogP contribution in [-0.4, -0.2) is 17.6 Å². The number of rotatable bonds is 7. The minimum absolute atomic E-state index is 0.0337.